The number of fused-ring (bicyclic) bond motifs is 3. The molecule has 4 rings (SSSR count). The Morgan fingerprint density at radius 1 is 1.21 bits per heavy atom. The molecule has 2 bridgehead atoms. The zero-order valence-corrected chi connectivity index (χ0v) is 11.8. The van der Waals surface area contributed by atoms with Gasteiger partial charge in [0.25, 0.3) is 0 Å². The van der Waals surface area contributed by atoms with Crippen LogP contribution in [0.2, 0.25) is 0 Å². The maximum atomic E-state index is 5.47. The first kappa shape index (κ1) is 12.9. The molecule has 0 aromatic heterocycles. The smallest absolute Gasteiger partial charge is 0.119 e. The van der Waals surface area contributed by atoms with Crippen molar-refractivity contribution in [2.75, 3.05) is 26.2 Å². The number of benzene rings is 1. The van der Waals surface area contributed by atoms with Gasteiger partial charge in [0.1, 0.15) is 5.75 Å². The Hall–Kier alpha value is -1.06. The number of hydrogen-bond donors (Lipinski definition) is 1. The Morgan fingerprint density at radius 2 is 1.95 bits per heavy atom. The van der Waals surface area contributed by atoms with Crippen LogP contribution in [0.3, 0.4) is 0 Å². The molecule has 104 valence electrons. The van der Waals surface area contributed by atoms with Gasteiger partial charge in [0, 0.05) is 19.1 Å². The summed E-state index contributed by atoms with van der Waals surface area (Å²) >= 11 is 0. The van der Waals surface area contributed by atoms with Crippen molar-refractivity contribution >= 4 is 0 Å². The summed E-state index contributed by atoms with van der Waals surface area (Å²) in [7, 11) is 0. The third kappa shape index (κ3) is 3.10. The van der Waals surface area contributed by atoms with E-state index in [0.717, 1.165) is 24.8 Å². The molecule has 1 N–H and O–H groups in total. The highest BCUT2D eigenvalue weighted by Crippen LogP contribution is 2.27. The van der Waals surface area contributed by atoms with E-state index in [9.17, 15) is 0 Å². The van der Waals surface area contributed by atoms with Crippen LogP contribution in [0.4, 0.5) is 0 Å². The van der Waals surface area contributed by atoms with E-state index in [0.29, 0.717) is 6.04 Å². The number of nitrogens with zero attached hydrogens (tertiary/aromatic N) is 1. The molecule has 0 amide bonds. The minimum Gasteiger partial charge on any atom is -0.494 e. The van der Waals surface area contributed by atoms with E-state index in [4.69, 9.17) is 4.74 Å². The Kier molecular flexibility index (Phi) is 4.04. The fraction of sp³-hybridized carbons (Fsp3) is 0.625. The van der Waals surface area contributed by atoms with Crippen LogP contribution in [0, 0.1) is 5.92 Å². The highest BCUT2D eigenvalue weighted by Gasteiger charge is 2.33. The van der Waals surface area contributed by atoms with Crippen molar-refractivity contribution in [3.05, 3.63) is 29.8 Å². The summed E-state index contributed by atoms with van der Waals surface area (Å²) in [6, 6.07) is 9.15. The van der Waals surface area contributed by atoms with E-state index in [2.05, 4.69) is 34.5 Å². The summed E-state index contributed by atoms with van der Waals surface area (Å²) in [5.41, 5.74) is 1.35. The number of piperidine rings is 3. The molecular formula is C16H24N2O. The largest absolute Gasteiger partial charge is 0.494 e. The molecule has 19 heavy (non-hydrogen) atoms. The van der Waals surface area contributed by atoms with E-state index in [1.807, 2.05) is 6.92 Å². The molecule has 3 aliphatic heterocycles. The van der Waals surface area contributed by atoms with Gasteiger partial charge < -0.3 is 15.0 Å². The van der Waals surface area contributed by atoms with Gasteiger partial charge in [-0.3, -0.25) is 0 Å². The minimum atomic E-state index is 0.689. The summed E-state index contributed by atoms with van der Waals surface area (Å²) in [6.45, 7) is 7.58. The third-order valence-corrected chi connectivity index (χ3v) is 4.46. The molecule has 3 saturated heterocycles. The predicted octanol–water partition coefficient (Wildman–Crippen LogP) is 2.27. The normalized spacial score (nSPS) is 29.4. The van der Waals surface area contributed by atoms with Gasteiger partial charge in [-0.1, -0.05) is 12.1 Å². The van der Waals surface area contributed by atoms with Crippen LogP contribution in [0.5, 0.6) is 5.75 Å². The maximum absolute atomic E-state index is 5.47. The minimum absolute atomic E-state index is 0.689. The van der Waals surface area contributed by atoms with E-state index >= 15 is 0 Å². The second kappa shape index (κ2) is 5.93. The van der Waals surface area contributed by atoms with Crippen molar-refractivity contribution < 1.29 is 4.74 Å². The quantitative estimate of drug-likeness (QED) is 0.879. The summed E-state index contributed by atoms with van der Waals surface area (Å²) in [4.78, 5) is 2.59. The third-order valence-electron chi connectivity index (χ3n) is 4.46. The SMILES string of the molecule is CCOc1ccc(CNC2CN3CCC2CC3)cc1. The lowest BCUT2D eigenvalue weighted by Crippen LogP contribution is -2.55. The van der Waals surface area contributed by atoms with Crippen LogP contribution in [-0.2, 0) is 6.54 Å². The van der Waals surface area contributed by atoms with E-state index in [-0.39, 0.29) is 0 Å². The summed E-state index contributed by atoms with van der Waals surface area (Å²) < 4.78 is 5.47. The molecule has 3 heterocycles. The maximum Gasteiger partial charge on any atom is 0.119 e. The molecule has 0 saturated carbocycles. The van der Waals surface area contributed by atoms with Gasteiger partial charge in [-0.15, -0.1) is 0 Å². The number of nitrogens with one attached hydrogen (secondary N) is 1. The molecule has 0 aliphatic carbocycles. The fourth-order valence-corrected chi connectivity index (χ4v) is 3.32. The van der Waals surface area contributed by atoms with Crippen LogP contribution >= 0.6 is 0 Å². The van der Waals surface area contributed by atoms with Gasteiger partial charge in [0.15, 0.2) is 0 Å². The first-order valence-electron chi connectivity index (χ1n) is 7.52. The van der Waals surface area contributed by atoms with Crippen molar-refractivity contribution in [3.8, 4) is 5.75 Å². The molecule has 0 spiro atoms. The zero-order chi connectivity index (χ0) is 13.1. The predicted molar refractivity (Wildman–Crippen MR) is 77.4 cm³/mol. The molecule has 3 aliphatic rings. The van der Waals surface area contributed by atoms with Gasteiger partial charge in [0.05, 0.1) is 6.61 Å². The van der Waals surface area contributed by atoms with Crippen LogP contribution < -0.4 is 10.1 Å². The van der Waals surface area contributed by atoms with E-state index in [1.165, 1.54) is 38.0 Å². The molecule has 3 heteroatoms. The summed E-state index contributed by atoms with van der Waals surface area (Å²) in [5.74, 6) is 1.86. The van der Waals surface area contributed by atoms with Crippen molar-refractivity contribution in [1.29, 1.82) is 0 Å². The standard InChI is InChI=1S/C16H24N2O/c1-2-19-15-5-3-13(4-6-15)11-17-16-12-18-9-7-14(16)8-10-18/h3-6,14,16-17H,2,7-12H2,1H3. The van der Waals surface area contributed by atoms with Crippen molar-refractivity contribution in [3.63, 3.8) is 0 Å². The van der Waals surface area contributed by atoms with Crippen molar-refractivity contribution in [1.82, 2.24) is 10.2 Å². The molecule has 1 atom stereocenters. The number of rotatable bonds is 5. The zero-order valence-electron chi connectivity index (χ0n) is 11.8. The molecule has 0 radical (unpaired) electrons. The van der Waals surface area contributed by atoms with Crippen molar-refractivity contribution in [2.45, 2.75) is 32.4 Å². The highest BCUT2D eigenvalue weighted by atomic mass is 16.5. The summed E-state index contributed by atoms with van der Waals surface area (Å²) in [6.07, 6.45) is 2.75. The van der Waals surface area contributed by atoms with Crippen LogP contribution in [0.25, 0.3) is 0 Å². The van der Waals surface area contributed by atoms with Crippen LogP contribution in [0.1, 0.15) is 25.3 Å². The monoisotopic (exact) mass is 260 g/mol. The Labute approximate surface area is 115 Å². The lowest BCUT2D eigenvalue weighted by atomic mass is 9.84. The van der Waals surface area contributed by atoms with Crippen LogP contribution in [-0.4, -0.2) is 37.2 Å². The van der Waals surface area contributed by atoms with Crippen molar-refractivity contribution in [2.24, 2.45) is 5.92 Å². The lowest BCUT2D eigenvalue weighted by molar-refractivity contribution is 0.0720. The van der Waals surface area contributed by atoms with Gasteiger partial charge in [-0.2, -0.15) is 0 Å². The van der Waals surface area contributed by atoms with Gasteiger partial charge >= 0.3 is 0 Å². The van der Waals surface area contributed by atoms with E-state index < -0.39 is 0 Å². The highest BCUT2D eigenvalue weighted by molar-refractivity contribution is 5.27. The molecule has 1 unspecified atom stereocenters. The van der Waals surface area contributed by atoms with E-state index in [1.54, 1.807) is 0 Å². The van der Waals surface area contributed by atoms with Gasteiger partial charge in [0.2, 0.25) is 0 Å². The second-order valence-electron chi connectivity index (χ2n) is 5.70. The Bertz CT molecular complexity index is 396. The molecule has 1 aromatic carbocycles. The summed E-state index contributed by atoms with van der Waals surface area (Å²) in [5, 5.41) is 3.74. The van der Waals surface area contributed by atoms with Gasteiger partial charge in [-0.25, -0.2) is 0 Å². The molecule has 3 fully saturated rings. The molecule has 1 aromatic rings. The second-order valence-corrected chi connectivity index (χ2v) is 5.70. The Morgan fingerprint density at radius 3 is 2.53 bits per heavy atom. The molecular weight excluding hydrogens is 236 g/mol. The topological polar surface area (TPSA) is 24.5 Å². The molecule has 3 nitrogen and oxygen atoms in total. The van der Waals surface area contributed by atoms with Gasteiger partial charge in [-0.05, 0) is 56.5 Å². The lowest BCUT2D eigenvalue weighted by Gasteiger charge is -2.45. The number of hydrogen-bond acceptors (Lipinski definition) is 3. The average Bonchev–Trinajstić information content (AvgIpc) is 2.48. The first-order valence-corrected chi connectivity index (χ1v) is 7.52. The first-order chi connectivity index (χ1) is 9.35. The average molecular weight is 260 g/mol. The fourth-order valence-electron chi connectivity index (χ4n) is 3.32. The number of ether oxygens (including phenoxy) is 1. The van der Waals surface area contributed by atoms with Crippen LogP contribution in [0.15, 0.2) is 24.3 Å². The Balaban J connectivity index is 1.51.